The molecule has 1 N–H and O–H groups in total. The number of aromatic nitrogens is 4. The molecular formula is C16H11ClN4OS. The number of aryl methyl sites for hydroxylation is 1. The average Bonchev–Trinajstić information content (AvgIpc) is 3.14. The minimum absolute atomic E-state index is 0.167. The van der Waals surface area contributed by atoms with Gasteiger partial charge in [-0.25, -0.2) is 14.5 Å². The monoisotopic (exact) mass is 342 g/mol. The van der Waals surface area contributed by atoms with E-state index >= 15 is 0 Å². The number of thiazole rings is 1. The van der Waals surface area contributed by atoms with Crippen molar-refractivity contribution >= 4 is 28.6 Å². The van der Waals surface area contributed by atoms with Crippen LogP contribution in [0.2, 0.25) is 5.02 Å². The van der Waals surface area contributed by atoms with E-state index in [1.54, 1.807) is 18.3 Å². The molecule has 0 radical (unpaired) electrons. The van der Waals surface area contributed by atoms with Crippen LogP contribution in [-0.2, 0) is 0 Å². The fraction of sp³-hybridized carbons (Fsp3) is 0.0625. The first-order valence-electron chi connectivity index (χ1n) is 6.91. The molecular weight excluding hydrogens is 332 g/mol. The lowest BCUT2D eigenvalue weighted by molar-refractivity contribution is 0.901. The lowest BCUT2D eigenvalue weighted by Gasteiger charge is -2.02. The summed E-state index contributed by atoms with van der Waals surface area (Å²) < 4.78 is 1.42. The van der Waals surface area contributed by atoms with Crippen LogP contribution < -0.4 is 5.56 Å². The zero-order chi connectivity index (χ0) is 16.0. The molecule has 0 aliphatic rings. The van der Waals surface area contributed by atoms with Crippen molar-refractivity contribution in [3.05, 3.63) is 63.0 Å². The minimum atomic E-state index is -0.167. The van der Waals surface area contributed by atoms with Gasteiger partial charge >= 0.3 is 0 Å². The van der Waals surface area contributed by atoms with E-state index in [1.165, 1.54) is 21.9 Å². The molecule has 0 atom stereocenters. The molecule has 7 heteroatoms. The highest BCUT2D eigenvalue weighted by Crippen LogP contribution is 2.27. The first kappa shape index (κ1) is 14.2. The molecule has 3 heterocycles. The van der Waals surface area contributed by atoms with Crippen LogP contribution in [-0.4, -0.2) is 19.6 Å². The number of fused-ring (bicyclic) bond motifs is 1. The number of aromatic amines is 1. The second-order valence-corrected chi connectivity index (χ2v) is 6.42. The van der Waals surface area contributed by atoms with E-state index < -0.39 is 0 Å². The van der Waals surface area contributed by atoms with Crippen LogP contribution in [0.4, 0.5) is 0 Å². The second-order valence-electron chi connectivity index (χ2n) is 5.13. The van der Waals surface area contributed by atoms with Crippen molar-refractivity contribution < 1.29 is 0 Å². The molecule has 5 nitrogen and oxygen atoms in total. The number of rotatable bonds is 2. The Bertz CT molecular complexity index is 1060. The highest BCUT2D eigenvalue weighted by molar-refractivity contribution is 7.13. The molecule has 0 spiro atoms. The quantitative estimate of drug-likeness (QED) is 0.603. The summed E-state index contributed by atoms with van der Waals surface area (Å²) in [4.78, 5) is 21.4. The lowest BCUT2D eigenvalue weighted by Crippen LogP contribution is -2.14. The molecule has 0 aliphatic heterocycles. The standard InChI is InChI=1S/C16H11ClN4OS/c1-9-8-23-16(19-9)12-7-18-21-14(22)6-13(20-15(12)21)10-2-4-11(17)5-3-10/h2-8,18H,1H3. The second kappa shape index (κ2) is 5.33. The fourth-order valence-corrected chi connectivity index (χ4v) is 3.32. The predicted octanol–water partition coefficient (Wildman–Crippen LogP) is 3.77. The van der Waals surface area contributed by atoms with Crippen molar-refractivity contribution in [1.82, 2.24) is 19.6 Å². The maximum absolute atomic E-state index is 12.3. The summed E-state index contributed by atoms with van der Waals surface area (Å²) in [5.41, 5.74) is 3.62. The number of benzene rings is 1. The SMILES string of the molecule is Cc1csc(-c2c[nH]n3c(=O)cc(-c4ccc(Cl)cc4)nc23)n1. The van der Waals surface area contributed by atoms with Crippen LogP contribution in [0.1, 0.15) is 5.69 Å². The van der Waals surface area contributed by atoms with Crippen molar-refractivity contribution in [3.63, 3.8) is 0 Å². The maximum Gasteiger partial charge on any atom is 0.273 e. The number of halogens is 1. The van der Waals surface area contributed by atoms with Crippen molar-refractivity contribution in [2.24, 2.45) is 0 Å². The van der Waals surface area contributed by atoms with Crippen LogP contribution in [0, 0.1) is 6.92 Å². The summed E-state index contributed by atoms with van der Waals surface area (Å²) in [7, 11) is 0. The van der Waals surface area contributed by atoms with Gasteiger partial charge in [-0.1, -0.05) is 23.7 Å². The van der Waals surface area contributed by atoms with E-state index in [-0.39, 0.29) is 5.56 Å². The first-order chi connectivity index (χ1) is 11.1. The molecule has 114 valence electrons. The molecule has 0 amide bonds. The largest absolute Gasteiger partial charge is 0.296 e. The highest BCUT2D eigenvalue weighted by Gasteiger charge is 2.14. The zero-order valence-corrected chi connectivity index (χ0v) is 13.6. The van der Waals surface area contributed by atoms with Crippen LogP contribution in [0.25, 0.3) is 27.5 Å². The molecule has 0 saturated carbocycles. The van der Waals surface area contributed by atoms with E-state index in [0.717, 1.165) is 21.8 Å². The molecule has 0 aliphatic carbocycles. The van der Waals surface area contributed by atoms with Gasteiger partial charge in [0.25, 0.3) is 5.56 Å². The Morgan fingerprint density at radius 1 is 1.22 bits per heavy atom. The summed E-state index contributed by atoms with van der Waals surface area (Å²) in [6.45, 7) is 1.94. The predicted molar refractivity (Wildman–Crippen MR) is 92.1 cm³/mol. The summed E-state index contributed by atoms with van der Waals surface area (Å²) >= 11 is 7.45. The van der Waals surface area contributed by atoms with Crippen molar-refractivity contribution in [3.8, 4) is 21.8 Å². The van der Waals surface area contributed by atoms with Gasteiger partial charge in [0.15, 0.2) is 5.65 Å². The van der Waals surface area contributed by atoms with Gasteiger partial charge in [-0.05, 0) is 19.1 Å². The Morgan fingerprint density at radius 2 is 2.00 bits per heavy atom. The Hall–Kier alpha value is -2.44. The van der Waals surface area contributed by atoms with E-state index in [9.17, 15) is 4.79 Å². The van der Waals surface area contributed by atoms with Crippen LogP contribution >= 0.6 is 22.9 Å². The van der Waals surface area contributed by atoms with Crippen LogP contribution in [0.5, 0.6) is 0 Å². The molecule has 0 bridgehead atoms. The number of hydrogen-bond acceptors (Lipinski definition) is 4. The number of H-pyrrole nitrogens is 1. The van der Waals surface area contributed by atoms with Gasteiger partial charge in [-0.3, -0.25) is 9.89 Å². The van der Waals surface area contributed by atoms with Gasteiger partial charge in [0, 0.05) is 33.9 Å². The normalized spacial score (nSPS) is 11.2. The van der Waals surface area contributed by atoms with E-state index in [2.05, 4.69) is 15.1 Å². The first-order valence-corrected chi connectivity index (χ1v) is 8.17. The Kier molecular flexibility index (Phi) is 3.28. The van der Waals surface area contributed by atoms with Gasteiger partial charge in [0.05, 0.1) is 11.3 Å². The molecule has 0 unspecified atom stereocenters. The van der Waals surface area contributed by atoms with Crippen molar-refractivity contribution in [1.29, 1.82) is 0 Å². The summed E-state index contributed by atoms with van der Waals surface area (Å²) in [5, 5.41) is 6.39. The van der Waals surface area contributed by atoms with Crippen molar-refractivity contribution in [2.45, 2.75) is 6.92 Å². The summed E-state index contributed by atoms with van der Waals surface area (Å²) in [6.07, 6.45) is 1.76. The number of nitrogens with one attached hydrogen (secondary N) is 1. The molecule has 0 fully saturated rings. The van der Waals surface area contributed by atoms with Gasteiger partial charge in [-0.15, -0.1) is 11.3 Å². The Morgan fingerprint density at radius 3 is 2.70 bits per heavy atom. The minimum Gasteiger partial charge on any atom is -0.296 e. The van der Waals surface area contributed by atoms with E-state index in [4.69, 9.17) is 11.6 Å². The topological polar surface area (TPSA) is 63.0 Å². The lowest BCUT2D eigenvalue weighted by atomic mass is 10.1. The Balaban J connectivity index is 1.95. The average molecular weight is 343 g/mol. The summed E-state index contributed by atoms with van der Waals surface area (Å²) in [5.74, 6) is 0. The van der Waals surface area contributed by atoms with Crippen LogP contribution in [0.3, 0.4) is 0 Å². The molecule has 4 rings (SSSR count). The Labute approximate surface area is 140 Å². The highest BCUT2D eigenvalue weighted by atomic mass is 35.5. The van der Waals surface area contributed by atoms with Gasteiger partial charge in [-0.2, -0.15) is 0 Å². The molecule has 3 aromatic heterocycles. The van der Waals surface area contributed by atoms with E-state index in [0.29, 0.717) is 16.4 Å². The zero-order valence-electron chi connectivity index (χ0n) is 12.1. The molecule has 4 aromatic rings. The van der Waals surface area contributed by atoms with Gasteiger partial charge in [0.1, 0.15) is 5.01 Å². The molecule has 1 aromatic carbocycles. The maximum atomic E-state index is 12.3. The van der Waals surface area contributed by atoms with Gasteiger partial charge in [0.2, 0.25) is 0 Å². The molecule has 23 heavy (non-hydrogen) atoms. The summed E-state index contributed by atoms with van der Waals surface area (Å²) in [6, 6.07) is 8.76. The van der Waals surface area contributed by atoms with Crippen molar-refractivity contribution in [2.75, 3.05) is 0 Å². The van der Waals surface area contributed by atoms with Gasteiger partial charge < -0.3 is 0 Å². The smallest absolute Gasteiger partial charge is 0.273 e. The fourth-order valence-electron chi connectivity index (χ4n) is 2.38. The third kappa shape index (κ3) is 2.46. The number of hydrogen-bond donors (Lipinski definition) is 1. The van der Waals surface area contributed by atoms with Crippen LogP contribution in [0.15, 0.2) is 46.7 Å². The third-order valence-electron chi connectivity index (χ3n) is 3.49. The number of nitrogens with zero attached hydrogens (tertiary/aromatic N) is 3. The third-order valence-corrected chi connectivity index (χ3v) is 4.73. The molecule has 0 saturated heterocycles. The van der Waals surface area contributed by atoms with E-state index in [1.807, 2.05) is 24.4 Å².